The second-order valence-corrected chi connectivity index (χ2v) is 16.2. The highest BCUT2D eigenvalue weighted by atomic mass is 31.2. The summed E-state index contributed by atoms with van der Waals surface area (Å²) in [5.41, 5.74) is 0. The van der Waals surface area contributed by atoms with Crippen LogP contribution in [0.3, 0.4) is 0 Å². The molecule has 8 nitrogen and oxygen atoms in total. The van der Waals surface area contributed by atoms with Crippen molar-refractivity contribution in [1.29, 1.82) is 0 Å². The fourth-order valence-electron chi connectivity index (χ4n) is 6.39. The molecule has 0 heterocycles. The molecule has 0 fully saturated rings. The number of phosphoric acid groups is 1. The van der Waals surface area contributed by atoms with Gasteiger partial charge in [-0.2, -0.15) is 0 Å². The number of allylic oxidation sites excluding steroid dienone is 6. The standard InChI is InChI=1S/C45H83O8P/c1-3-5-7-9-11-13-15-17-19-20-21-22-23-24-26-28-30-32-34-36-38-40-45(47)53-43(42-52-54(48,49)50)41-51-44(46)39-37-35-33-31-29-27-25-18-16-14-12-10-8-6-4-2/h6,8,12,14,18,25,43H,3-5,7,9-11,13,15-17,19-24,26-42H2,1-2H3,(H2,48,49,50)/b8-6+,14-12+,25-18+/t43-/m1/s1. The van der Waals surface area contributed by atoms with E-state index >= 15 is 0 Å². The van der Waals surface area contributed by atoms with Gasteiger partial charge >= 0.3 is 19.8 Å². The number of esters is 2. The van der Waals surface area contributed by atoms with Gasteiger partial charge in [0.25, 0.3) is 0 Å². The van der Waals surface area contributed by atoms with Crippen molar-refractivity contribution in [2.24, 2.45) is 0 Å². The van der Waals surface area contributed by atoms with Gasteiger partial charge in [-0.05, 0) is 44.9 Å². The second kappa shape index (κ2) is 40.9. The van der Waals surface area contributed by atoms with Crippen LogP contribution in [0.5, 0.6) is 0 Å². The fraction of sp³-hybridized carbons (Fsp3) is 0.822. The van der Waals surface area contributed by atoms with Gasteiger partial charge in [0.05, 0.1) is 6.61 Å². The van der Waals surface area contributed by atoms with Gasteiger partial charge in [0.15, 0.2) is 6.10 Å². The van der Waals surface area contributed by atoms with Crippen LogP contribution < -0.4 is 0 Å². The van der Waals surface area contributed by atoms with Crippen molar-refractivity contribution in [2.75, 3.05) is 13.2 Å². The first-order chi connectivity index (χ1) is 26.3. The number of hydrogen-bond donors (Lipinski definition) is 2. The summed E-state index contributed by atoms with van der Waals surface area (Å²) >= 11 is 0. The fourth-order valence-corrected chi connectivity index (χ4v) is 6.75. The molecule has 0 rings (SSSR count). The largest absolute Gasteiger partial charge is 0.469 e. The molecule has 0 unspecified atom stereocenters. The first kappa shape index (κ1) is 52.3. The molecular weight excluding hydrogens is 699 g/mol. The Kier molecular flexibility index (Phi) is 39.6. The van der Waals surface area contributed by atoms with Gasteiger partial charge in [-0.1, -0.05) is 198 Å². The van der Waals surface area contributed by atoms with Crippen LogP contribution in [0.15, 0.2) is 36.5 Å². The molecule has 9 heteroatoms. The van der Waals surface area contributed by atoms with E-state index in [0.29, 0.717) is 12.8 Å². The second-order valence-electron chi connectivity index (χ2n) is 15.0. The van der Waals surface area contributed by atoms with E-state index in [9.17, 15) is 14.2 Å². The third-order valence-corrected chi connectivity index (χ3v) is 10.2. The van der Waals surface area contributed by atoms with E-state index in [1.165, 1.54) is 109 Å². The van der Waals surface area contributed by atoms with Gasteiger partial charge in [-0.25, -0.2) is 4.57 Å². The monoisotopic (exact) mass is 783 g/mol. The Morgan fingerprint density at radius 3 is 1.33 bits per heavy atom. The predicted molar refractivity (Wildman–Crippen MR) is 225 cm³/mol. The molecule has 0 radical (unpaired) electrons. The first-order valence-corrected chi connectivity index (χ1v) is 23.8. The Labute approximate surface area is 332 Å². The average molecular weight is 783 g/mol. The summed E-state index contributed by atoms with van der Waals surface area (Å²) in [5.74, 6) is -0.896. The van der Waals surface area contributed by atoms with Crippen LogP contribution in [0.25, 0.3) is 0 Å². The Morgan fingerprint density at radius 2 is 0.889 bits per heavy atom. The highest BCUT2D eigenvalue weighted by molar-refractivity contribution is 7.46. The van der Waals surface area contributed by atoms with E-state index in [2.05, 4.69) is 54.8 Å². The number of phosphoric ester groups is 1. The van der Waals surface area contributed by atoms with Gasteiger partial charge in [0, 0.05) is 12.8 Å². The lowest BCUT2D eigenvalue weighted by molar-refractivity contribution is -0.161. The number of carbonyl (C=O) groups is 2. The lowest BCUT2D eigenvalue weighted by atomic mass is 10.0. The van der Waals surface area contributed by atoms with Crippen LogP contribution >= 0.6 is 7.82 Å². The summed E-state index contributed by atoms with van der Waals surface area (Å²) in [4.78, 5) is 42.9. The van der Waals surface area contributed by atoms with Crippen molar-refractivity contribution in [3.8, 4) is 0 Å². The van der Waals surface area contributed by atoms with Crippen molar-refractivity contribution in [2.45, 2.75) is 225 Å². The van der Waals surface area contributed by atoms with Crippen LogP contribution in [-0.2, 0) is 28.2 Å². The molecule has 54 heavy (non-hydrogen) atoms. The number of unbranched alkanes of at least 4 members (excludes halogenated alkanes) is 25. The summed E-state index contributed by atoms with van der Waals surface area (Å²) < 4.78 is 26.4. The molecule has 0 aliphatic heterocycles. The summed E-state index contributed by atoms with van der Waals surface area (Å²) in [5, 5.41) is 0. The van der Waals surface area contributed by atoms with Gasteiger partial charge in [-0.3, -0.25) is 14.1 Å². The average Bonchev–Trinajstić information content (AvgIpc) is 3.14. The van der Waals surface area contributed by atoms with E-state index in [1.807, 2.05) is 0 Å². The van der Waals surface area contributed by atoms with Crippen molar-refractivity contribution in [3.63, 3.8) is 0 Å². The molecule has 0 aromatic rings. The van der Waals surface area contributed by atoms with E-state index in [1.54, 1.807) is 0 Å². The van der Waals surface area contributed by atoms with E-state index in [4.69, 9.17) is 19.3 Å². The Balaban J connectivity index is 3.86. The molecular formula is C45H83O8P. The van der Waals surface area contributed by atoms with Crippen LogP contribution in [0.1, 0.15) is 219 Å². The molecule has 0 aliphatic carbocycles. The van der Waals surface area contributed by atoms with E-state index in [-0.39, 0.29) is 19.4 Å². The maximum atomic E-state index is 12.4. The first-order valence-electron chi connectivity index (χ1n) is 22.3. The maximum absolute atomic E-state index is 12.4. The zero-order valence-corrected chi connectivity index (χ0v) is 35.8. The van der Waals surface area contributed by atoms with Gasteiger partial charge < -0.3 is 19.3 Å². The Bertz CT molecular complexity index is 973. The minimum atomic E-state index is -4.76. The molecule has 0 aromatic carbocycles. The number of hydrogen-bond acceptors (Lipinski definition) is 6. The topological polar surface area (TPSA) is 119 Å². The predicted octanol–water partition coefficient (Wildman–Crippen LogP) is 13.7. The Hall–Kier alpha value is -1.73. The highest BCUT2D eigenvalue weighted by Crippen LogP contribution is 2.36. The molecule has 0 aromatic heterocycles. The van der Waals surface area contributed by atoms with Crippen LogP contribution in [-0.4, -0.2) is 41.0 Å². The maximum Gasteiger partial charge on any atom is 0.469 e. The van der Waals surface area contributed by atoms with Crippen LogP contribution in [0.4, 0.5) is 0 Å². The van der Waals surface area contributed by atoms with Crippen molar-refractivity contribution < 1.29 is 37.9 Å². The minimum Gasteiger partial charge on any atom is -0.462 e. The third-order valence-electron chi connectivity index (χ3n) is 9.67. The molecule has 0 amide bonds. The molecule has 0 saturated carbocycles. The third kappa shape index (κ3) is 43.0. The van der Waals surface area contributed by atoms with E-state index in [0.717, 1.165) is 70.6 Å². The molecule has 0 saturated heterocycles. The summed E-state index contributed by atoms with van der Waals surface area (Å²) in [6.45, 7) is 3.58. The lowest BCUT2D eigenvalue weighted by Gasteiger charge is -2.18. The van der Waals surface area contributed by atoms with E-state index < -0.39 is 32.5 Å². The van der Waals surface area contributed by atoms with Crippen molar-refractivity contribution >= 4 is 19.8 Å². The van der Waals surface area contributed by atoms with Gasteiger partial charge in [-0.15, -0.1) is 0 Å². The number of ether oxygens (including phenoxy) is 2. The van der Waals surface area contributed by atoms with Crippen molar-refractivity contribution in [1.82, 2.24) is 0 Å². The molecule has 1 atom stereocenters. The number of rotatable bonds is 41. The zero-order chi connectivity index (χ0) is 39.6. The summed E-state index contributed by atoms with van der Waals surface area (Å²) in [6.07, 6.45) is 48.7. The molecule has 316 valence electrons. The normalized spacial score (nSPS) is 12.7. The molecule has 0 spiro atoms. The summed E-state index contributed by atoms with van der Waals surface area (Å²) in [6, 6.07) is 0. The van der Waals surface area contributed by atoms with Crippen molar-refractivity contribution in [3.05, 3.63) is 36.5 Å². The molecule has 0 aliphatic rings. The lowest BCUT2D eigenvalue weighted by Crippen LogP contribution is -2.29. The minimum absolute atomic E-state index is 0.211. The van der Waals surface area contributed by atoms with Gasteiger partial charge in [0.1, 0.15) is 6.61 Å². The molecule has 0 bridgehead atoms. The Morgan fingerprint density at radius 1 is 0.500 bits per heavy atom. The molecule has 2 N–H and O–H groups in total. The van der Waals surface area contributed by atoms with Gasteiger partial charge in [0.2, 0.25) is 0 Å². The number of carbonyl (C=O) groups excluding carboxylic acids is 2. The highest BCUT2D eigenvalue weighted by Gasteiger charge is 2.22. The smallest absolute Gasteiger partial charge is 0.462 e. The quantitative estimate of drug-likeness (QED) is 0.0272. The SMILES string of the molecule is CC/C=C/C/C=C/C/C=C/CCCCCCCC(=O)OC[C@H](COP(=O)(O)O)OC(=O)CCCCCCCCCCCCCCCCCCCCCCC. The summed E-state index contributed by atoms with van der Waals surface area (Å²) in [7, 11) is -4.76. The van der Waals surface area contributed by atoms with Crippen LogP contribution in [0.2, 0.25) is 0 Å². The van der Waals surface area contributed by atoms with Crippen LogP contribution in [0, 0.1) is 0 Å². The zero-order valence-electron chi connectivity index (χ0n) is 34.9.